The van der Waals surface area contributed by atoms with Crippen molar-refractivity contribution in [3.63, 3.8) is 0 Å². The molecule has 3 atom stereocenters. The standard InChI is InChI=1S/C33H57N5O8/c1-10-34-28(41)22(5)36-30(43)27(20(2)3)37-25(39)17-45-33(8,9)19-46-32(6,7)18-35-29(42)24-13-11-23(12-14-24)16-38-26(40)15-21(4)31(38)44/h20-24,27H,10-19H2,1-9H3,(H,34,41)(H,35,42)(H,36,43)(H,37,39)/t21?,22-,23-,24-,27-/m0/s1. The van der Waals surface area contributed by atoms with Crippen LogP contribution in [0.15, 0.2) is 0 Å². The maximum absolute atomic E-state index is 12.9. The molecule has 0 bridgehead atoms. The van der Waals surface area contributed by atoms with E-state index in [0.717, 1.165) is 12.8 Å². The summed E-state index contributed by atoms with van der Waals surface area (Å²) < 4.78 is 11.9. The summed E-state index contributed by atoms with van der Waals surface area (Å²) in [6.45, 7) is 17.1. The minimum absolute atomic E-state index is 0.0339. The van der Waals surface area contributed by atoms with Gasteiger partial charge >= 0.3 is 0 Å². The van der Waals surface area contributed by atoms with Gasteiger partial charge in [-0.15, -0.1) is 0 Å². The van der Waals surface area contributed by atoms with E-state index in [9.17, 15) is 28.8 Å². The van der Waals surface area contributed by atoms with Gasteiger partial charge in [0, 0.05) is 37.9 Å². The van der Waals surface area contributed by atoms with E-state index in [1.54, 1.807) is 48.5 Å². The number of carbonyl (C=O) groups excluding carboxylic acids is 6. The first-order chi connectivity index (χ1) is 21.4. The fourth-order valence-corrected chi connectivity index (χ4v) is 5.52. The van der Waals surface area contributed by atoms with Crippen molar-refractivity contribution in [3.8, 4) is 0 Å². The first-order valence-electron chi connectivity index (χ1n) is 16.6. The molecule has 0 aromatic rings. The summed E-state index contributed by atoms with van der Waals surface area (Å²) in [5, 5.41) is 11.0. The van der Waals surface area contributed by atoms with Crippen molar-refractivity contribution < 1.29 is 38.2 Å². The SMILES string of the molecule is CCNC(=O)[C@H](C)NC(=O)[C@@H](NC(=O)COC(C)(C)COC(C)(C)CNC(=O)[C@H]1CC[C@H](CN2C(=O)CC(C)C2=O)CC1)C(C)C. The van der Waals surface area contributed by atoms with Crippen molar-refractivity contribution >= 4 is 35.4 Å². The van der Waals surface area contributed by atoms with Crippen molar-refractivity contribution in [2.45, 2.75) is 118 Å². The third kappa shape index (κ3) is 12.3. The zero-order valence-corrected chi connectivity index (χ0v) is 29.2. The van der Waals surface area contributed by atoms with E-state index in [4.69, 9.17) is 9.47 Å². The third-order valence-electron chi connectivity index (χ3n) is 8.59. The van der Waals surface area contributed by atoms with Crippen LogP contribution in [0.5, 0.6) is 0 Å². The number of imide groups is 1. The monoisotopic (exact) mass is 651 g/mol. The van der Waals surface area contributed by atoms with Crippen LogP contribution in [-0.4, -0.2) is 96.5 Å². The predicted octanol–water partition coefficient (Wildman–Crippen LogP) is 1.68. The van der Waals surface area contributed by atoms with Crippen LogP contribution in [0.25, 0.3) is 0 Å². The molecule has 2 fully saturated rings. The zero-order chi connectivity index (χ0) is 34.8. The quantitative estimate of drug-likeness (QED) is 0.172. The topological polar surface area (TPSA) is 172 Å². The van der Waals surface area contributed by atoms with E-state index >= 15 is 0 Å². The average Bonchev–Trinajstić information content (AvgIpc) is 3.22. The Bertz CT molecular complexity index is 1100. The second-order valence-corrected chi connectivity index (χ2v) is 14.4. The summed E-state index contributed by atoms with van der Waals surface area (Å²) >= 11 is 0. The largest absolute Gasteiger partial charge is 0.371 e. The van der Waals surface area contributed by atoms with Crippen LogP contribution in [0.2, 0.25) is 0 Å². The molecule has 13 heteroatoms. The highest BCUT2D eigenvalue weighted by Gasteiger charge is 2.38. The Hall–Kier alpha value is -3.06. The van der Waals surface area contributed by atoms with Gasteiger partial charge in [0.15, 0.2) is 0 Å². The number of hydrogen-bond donors (Lipinski definition) is 4. The number of nitrogens with zero attached hydrogens (tertiary/aromatic N) is 1. The lowest BCUT2D eigenvalue weighted by Crippen LogP contribution is -2.55. The minimum atomic E-state index is -0.841. The highest BCUT2D eigenvalue weighted by Crippen LogP contribution is 2.31. The molecule has 1 heterocycles. The predicted molar refractivity (Wildman–Crippen MR) is 172 cm³/mol. The number of nitrogens with one attached hydrogen (secondary N) is 4. The van der Waals surface area contributed by atoms with E-state index in [2.05, 4.69) is 21.3 Å². The average molecular weight is 652 g/mol. The van der Waals surface area contributed by atoms with Crippen LogP contribution in [-0.2, 0) is 38.2 Å². The highest BCUT2D eigenvalue weighted by molar-refractivity contribution is 6.03. The fourth-order valence-electron chi connectivity index (χ4n) is 5.52. The molecule has 1 saturated carbocycles. The van der Waals surface area contributed by atoms with Crippen molar-refractivity contribution in [2.75, 3.05) is 32.8 Å². The highest BCUT2D eigenvalue weighted by atomic mass is 16.6. The molecule has 13 nitrogen and oxygen atoms in total. The molecule has 2 aliphatic rings. The van der Waals surface area contributed by atoms with E-state index in [1.807, 2.05) is 13.8 Å². The van der Waals surface area contributed by atoms with Crippen LogP contribution < -0.4 is 21.3 Å². The van der Waals surface area contributed by atoms with Gasteiger partial charge in [0.2, 0.25) is 35.4 Å². The first-order valence-corrected chi connectivity index (χ1v) is 16.6. The van der Waals surface area contributed by atoms with Crippen molar-refractivity contribution in [1.82, 2.24) is 26.2 Å². The summed E-state index contributed by atoms with van der Waals surface area (Å²) in [5.41, 5.74) is -1.54. The lowest BCUT2D eigenvalue weighted by atomic mass is 9.81. The number of rotatable bonds is 17. The smallest absolute Gasteiger partial charge is 0.246 e. The summed E-state index contributed by atoms with van der Waals surface area (Å²) in [7, 11) is 0. The zero-order valence-electron chi connectivity index (χ0n) is 29.2. The van der Waals surface area contributed by atoms with E-state index in [-0.39, 0.29) is 73.5 Å². The molecule has 262 valence electrons. The van der Waals surface area contributed by atoms with Crippen molar-refractivity contribution in [3.05, 3.63) is 0 Å². The molecule has 2 rings (SSSR count). The summed E-state index contributed by atoms with van der Waals surface area (Å²) in [6.07, 6.45) is 3.28. The van der Waals surface area contributed by atoms with Crippen LogP contribution in [0.4, 0.5) is 0 Å². The van der Waals surface area contributed by atoms with Gasteiger partial charge in [-0.2, -0.15) is 0 Å². The molecule has 1 aliphatic carbocycles. The molecule has 1 unspecified atom stereocenters. The van der Waals surface area contributed by atoms with Gasteiger partial charge in [-0.3, -0.25) is 33.7 Å². The van der Waals surface area contributed by atoms with E-state index in [0.29, 0.717) is 25.9 Å². The maximum Gasteiger partial charge on any atom is 0.246 e. The molecule has 6 amide bonds. The van der Waals surface area contributed by atoms with Crippen LogP contribution in [0.1, 0.15) is 94.4 Å². The van der Waals surface area contributed by atoms with Crippen LogP contribution in [0, 0.1) is 23.7 Å². The van der Waals surface area contributed by atoms with E-state index < -0.39 is 35.1 Å². The Morgan fingerprint density at radius 1 is 0.891 bits per heavy atom. The lowest BCUT2D eigenvalue weighted by Gasteiger charge is -2.33. The Labute approximate surface area is 274 Å². The molecule has 0 radical (unpaired) electrons. The molecule has 0 aromatic carbocycles. The number of likely N-dealkylation sites (N-methyl/N-ethyl adjacent to an activating group) is 1. The summed E-state index contributed by atoms with van der Waals surface area (Å²) in [6, 6.07) is -1.58. The second-order valence-electron chi connectivity index (χ2n) is 14.4. The molecule has 1 saturated heterocycles. The molecule has 0 spiro atoms. The summed E-state index contributed by atoms with van der Waals surface area (Å²) in [4.78, 5) is 76.1. The van der Waals surface area contributed by atoms with Gasteiger partial charge in [0.1, 0.15) is 18.7 Å². The van der Waals surface area contributed by atoms with Crippen LogP contribution in [0.3, 0.4) is 0 Å². The van der Waals surface area contributed by atoms with Gasteiger partial charge in [0.05, 0.1) is 17.8 Å². The van der Waals surface area contributed by atoms with Gasteiger partial charge in [-0.25, -0.2) is 0 Å². The molecular weight excluding hydrogens is 594 g/mol. The van der Waals surface area contributed by atoms with Crippen molar-refractivity contribution in [2.24, 2.45) is 23.7 Å². The number of hydrogen-bond acceptors (Lipinski definition) is 8. The van der Waals surface area contributed by atoms with Gasteiger partial charge < -0.3 is 30.7 Å². The third-order valence-corrected chi connectivity index (χ3v) is 8.59. The number of ether oxygens (including phenoxy) is 2. The second kappa shape index (κ2) is 17.2. The van der Waals surface area contributed by atoms with Gasteiger partial charge in [-0.05, 0) is 79.1 Å². The molecule has 0 aromatic heterocycles. The maximum atomic E-state index is 12.9. The molecule has 46 heavy (non-hydrogen) atoms. The number of likely N-dealkylation sites (tertiary alicyclic amines) is 1. The summed E-state index contributed by atoms with van der Waals surface area (Å²) in [5.74, 6) is -1.80. The van der Waals surface area contributed by atoms with Gasteiger partial charge in [0.25, 0.3) is 0 Å². The number of carbonyl (C=O) groups is 6. The Morgan fingerprint density at radius 3 is 2.07 bits per heavy atom. The van der Waals surface area contributed by atoms with E-state index in [1.165, 1.54) is 4.90 Å². The number of amides is 6. The fraction of sp³-hybridized carbons (Fsp3) is 0.818. The molecular formula is C33H57N5O8. The Balaban J connectivity index is 1.74. The lowest BCUT2D eigenvalue weighted by molar-refractivity contribution is -0.146. The van der Waals surface area contributed by atoms with Crippen LogP contribution >= 0.6 is 0 Å². The van der Waals surface area contributed by atoms with Gasteiger partial charge in [-0.1, -0.05) is 20.8 Å². The Kier molecular flexibility index (Phi) is 14.6. The minimum Gasteiger partial charge on any atom is -0.371 e. The molecule has 4 N–H and O–H groups in total. The van der Waals surface area contributed by atoms with Crippen molar-refractivity contribution in [1.29, 1.82) is 0 Å². The first kappa shape index (κ1) is 39.1. The normalized spacial score (nSPS) is 22.0. The Morgan fingerprint density at radius 2 is 1.52 bits per heavy atom. The molecule has 1 aliphatic heterocycles.